The van der Waals surface area contributed by atoms with Gasteiger partial charge in [0, 0.05) is 24.1 Å². The first-order chi connectivity index (χ1) is 19.8. The molecule has 10 nitrogen and oxygen atoms in total. The first-order valence-corrected chi connectivity index (χ1v) is 17.3. The molecule has 3 rings (SSSR count). The summed E-state index contributed by atoms with van der Waals surface area (Å²) in [6.45, 7) is 12.9. The second kappa shape index (κ2) is 14.1. The van der Waals surface area contributed by atoms with Gasteiger partial charge in [-0.2, -0.15) is 9.98 Å². The molecule has 42 heavy (non-hydrogen) atoms. The van der Waals surface area contributed by atoms with E-state index in [1.54, 1.807) is 37.4 Å². The van der Waals surface area contributed by atoms with E-state index in [0.717, 1.165) is 11.8 Å². The molecule has 0 fully saturated rings. The van der Waals surface area contributed by atoms with Crippen LogP contribution in [0.1, 0.15) is 32.2 Å². The van der Waals surface area contributed by atoms with Crippen molar-refractivity contribution in [2.75, 3.05) is 33.7 Å². The van der Waals surface area contributed by atoms with E-state index in [0.29, 0.717) is 35.3 Å². The molecule has 0 bridgehead atoms. The first-order valence-electron chi connectivity index (χ1n) is 13.1. The van der Waals surface area contributed by atoms with Crippen LogP contribution in [-0.2, 0) is 9.16 Å². The number of halogens is 1. The minimum absolute atomic E-state index is 0.0304. The van der Waals surface area contributed by atoms with E-state index in [4.69, 9.17) is 23.2 Å². The largest absolute Gasteiger partial charge is 0.497 e. The fourth-order valence-corrected chi connectivity index (χ4v) is 4.95. The summed E-state index contributed by atoms with van der Waals surface area (Å²) in [5.74, 6) is 0.472. The lowest BCUT2D eigenvalue weighted by Crippen LogP contribution is -2.41. The zero-order chi connectivity index (χ0) is 31.1. The van der Waals surface area contributed by atoms with Gasteiger partial charge < -0.3 is 23.2 Å². The maximum atomic E-state index is 16.1. The van der Waals surface area contributed by atoms with Gasteiger partial charge in [-0.25, -0.2) is 14.2 Å². The van der Waals surface area contributed by atoms with Gasteiger partial charge in [0.1, 0.15) is 23.1 Å². The highest BCUT2D eigenvalue weighted by Gasteiger charge is 2.37. The lowest BCUT2D eigenvalue weighted by molar-refractivity contribution is 0.183. The van der Waals surface area contributed by atoms with Crippen LogP contribution >= 0.6 is 11.8 Å². The molecule has 0 spiro atoms. The van der Waals surface area contributed by atoms with Crippen LogP contribution in [0, 0.1) is 12.7 Å². The van der Waals surface area contributed by atoms with E-state index in [9.17, 15) is 4.79 Å². The predicted molar refractivity (Wildman–Crippen MR) is 166 cm³/mol. The fraction of sp³-hybridized carbons (Fsp3) is 0.414. The first kappa shape index (κ1) is 33.0. The molecule has 3 aromatic rings. The molecule has 0 saturated carbocycles. The summed E-state index contributed by atoms with van der Waals surface area (Å²) in [6, 6.07) is 9.88. The van der Waals surface area contributed by atoms with Gasteiger partial charge in [0.25, 0.3) is 0 Å². The Morgan fingerprint density at radius 2 is 1.81 bits per heavy atom. The summed E-state index contributed by atoms with van der Waals surface area (Å²) >= 11 is 1.12. The van der Waals surface area contributed by atoms with Crippen molar-refractivity contribution < 1.29 is 32.3 Å². The number of hydrogen-bond acceptors (Lipinski definition) is 10. The summed E-state index contributed by atoms with van der Waals surface area (Å²) in [4.78, 5) is 25.0. The van der Waals surface area contributed by atoms with E-state index >= 15 is 4.39 Å². The van der Waals surface area contributed by atoms with Gasteiger partial charge >= 0.3 is 6.09 Å². The van der Waals surface area contributed by atoms with Gasteiger partial charge in [-0.05, 0) is 54.7 Å². The Morgan fingerprint density at radius 3 is 2.36 bits per heavy atom. The summed E-state index contributed by atoms with van der Waals surface area (Å²) in [7, 11) is 0.675. The third-order valence-corrected chi connectivity index (χ3v) is 12.0. The topological polar surface area (TPSA) is 118 Å². The maximum Gasteiger partial charge on any atom is 0.434 e. The molecule has 0 aliphatic heterocycles. The highest BCUT2D eigenvalue weighted by Crippen LogP contribution is 2.36. The molecule has 0 aliphatic rings. The van der Waals surface area contributed by atoms with Crippen molar-refractivity contribution in [3.63, 3.8) is 0 Å². The molecule has 1 aromatic heterocycles. The van der Waals surface area contributed by atoms with E-state index in [1.807, 2.05) is 0 Å². The number of aromatic nitrogens is 2. The van der Waals surface area contributed by atoms with E-state index in [2.05, 4.69) is 54.0 Å². The molecule has 13 heteroatoms. The van der Waals surface area contributed by atoms with Crippen LogP contribution in [0.5, 0.6) is 11.5 Å². The summed E-state index contributed by atoms with van der Waals surface area (Å²) in [6.07, 6.45) is 0.851. The Balaban J connectivity index is 2.03. The summed E-state index contributed by atoms with van der Waals surface area (Å²) in [5, 5.41) is 4.09. The lowest BCUT2D eigenvalue weighted by Gasteiger charge is -2.36. The molecular weight excluding hydrogens is 579 g/mol. The van der Waals surface area contributed by atoms with Gasteiger partial charge in [0.05, 0.1) is 26.5 Å². The van der Waals surface area contributed by atoms with Crippen LogP contribution < -0.4 is 9.47 Å². The van der Waals surface area contributed by atoms with Crippen molar-refractivity contribution >= 4 is 42.6 Å². The number of methoxy groups -OCH3 is 2. The van der Waals surface area contributed by atoms with Crippen molar-refractivity contribution in [1.82, 2.24) is 10.1 Å². The molecule has 2 aromatic carbocycles. The molecular formula is C29H37FN4O6SSi. The zero-order valence-corrected chi connectivity index (χ0v) is 27.2. The third-order valence-electron chi connectivity index (χ3n) is 6.77. The van der Waals surface area contributed by atoms with E-state index in [1.165, 1.54) is 26.4 Å². The number of hydrogen-bond donors (Lipinski definition) is 0. The summed E-state index contributed by atoms with van der Waals surface area (Å²) in [5.41, 5.74) is 1.30. The number of rotatable bonds is 10. The van der Waals surface area contributed by atoms with Gasteiger partial charge in [0.15, 0.2) is 19.9 Å². The van der Waals surface area contributed by atoms with Gasteiger partial charge in [-0.3, -0.25) is 0 Å². The maximum absolute atomic E-state index is 16.1. The number of aliphatic imine (C=N–C) groups is 2. The molecule has 0 atom stereocenters. The number of aryl methyl sites for hydroxylation is 1. The Morgan fingerprint density at radius 1 is 1.12 bits per heavy atom. The quantitative estimate of drug-likeness (QED) is 0.100. The average molecular weight is 617 g/mol. The number of thioether (sulfide) groups is 1. The second-order valence-corrected chi connectivity index (χ2v) is 16.3. The molecule has 1 heterocycles. The number of carbonyl (C=O) groups excluding carboxylic acids is 1. The van der Waals surface area contributed by atoms with Gasteiger partial charge in [-0.1, -0.05) is 25.9 Å². The Bertz CT molecular complexity index is 1450. The van der Waals surface area contributed by atoms with Crippen LogP contribution in [0.15, 0.2) is 50.9 Å². The minimum atomic E-state index is -2.00. The second-order valence-electron chi connectivity index (χ2n) is 10.7. The Labute approximate surface area is 250 Å². The molecule has 226 valence electrons. The summed E-state index contributed by atoms with van der Waals surface area (Å²) < 4.78 is 43.3. The number of ether oxygens (including phenoxy) is 3. The molecule has 0 N–H and O–H groups in total. The highest BCUT2D eigenvalue weighted by atomic mass is 32.2. The molecule has 0 aliphatic carbocycles. The Hall–Kier alpha value is -3.55. The molecule has 1 amide bonds. The molecule has 0 saturated heterocycles. The number of carbonyl (C=O) groups is 1. The SMILES string of the molecule is COC(=O)N=C(SC)C(=Nc1ccc(-c2noc(C)n2)cc1)c1cc(OC)cc(OCCO[Si](C)(C)C(C)(C)C)c1F. The smallest absolute Gasteiger partial charge is 0.434 e. The zero-order valence-electron chi connectivity index (χ0n) is 25.4. The minimum Gasteiger partial charge on any atom is -0.497 e. The number of amides is 1. The van der Waals surface area contributed by atoms with Gasteiger partial charge in [0.2, 0.25) is 11.7 Å². The lowest BCUT2D eigenvalue weighted by atomic mass is 10.1. The van der Waals surface area contributed by atoms with E-state index < -0.39 is 20.2 Å². The van der Waals surface area contributed by atoms with Crippen LogP contribution in [0.25, 0.3) is 11.4 Å². The monoisotopic (exact) mass is 616 g/mol. The Kier molecular flexibility index (Phi) is 11.0. The third kappa shape index (κ3) is 8.26. The normalized spacial score (nSPS) is 12.8. The number of nitrogens with zero attached hydrogens (tertiary/aromatic N) is 4. The van der Waals surface area contributed by atoms with Crippen LogP contribution in [-0.4, -0.2) is 69.0 Å². The van der Waals surface area contributed by atoms with Crippen LogP contribution in [0.3, 0.4) is 0 Å². The van der Waals surface area contributed by atoms with E-state index in [-0.39, 0.29) is 33.7 Å². The van der Waals surface area contributed by atoms with Crippen molar-refractivity contribution in [2.45, 2.75) is 45.8 Å². The highest BCUT2D eigenvalue weighted by molar-refractivity contribution is 8.15. The fourth-order valence-electron chi connectivity index (χ4n) is 3.41. The van der Waals surface area contributed by atoms with Crippen molar-refractivity contribution in [3.05, 3.63) is 53.7 Å². The van der Waals surface area contributed by atoms with Crippen LogP contribution in [0.4, 0.5) is 14.9 Å². The standard InChI is InChI=1S/C29H37FN4O6SSi/c1-18-31-26(34-40-18)19-10-12-20(13-11-19)32-25(27(41-7)33-28(35)37-6)22-16-21(36-5)17-23(24(22)30)38-14-15-39-42(8,9)29(2,3)4/h10-13,16-17H,14-15H2,1-9H3. The van der Waals surface area contributed by atoms with Gasteiger partial charge in [-0.15, -0.1) is 11.8 Å². The van der Waals surface area contributed by atoms with Crippen molar-refractivity contribution in [2.24, 2.45) is 9.98 Å². The molecule has 0 unspecified atom stereocenters. The predicted octanol–water partition coefficient (Wildman–Crippen LogP) is 7.24. The average Bonchev–Trinajstić information content (AvgIpc) is 3.39. The van der Waals surface area contributed by atoms with Crippen LogP contribution in [0.2, 0.25) is 18.1 Å². The molecule has 0 radical (unpaired) electrons. The van der Waals surface area contributed by atoms with Crippen molar-refractivity contribution in [3.8, 4) is 22.9 Å². The number of benzene rings is 2. The van der Waals surface area contributed by atoms with Crippen molar-refractivity contribution in [1.29, 1.82) is 0 Å².